The standard InChI is InChI=1S/C18H30O8/c1-3-8-16(21)24-12-14(10-6-5-7-11-15(19)20)18(23)26-13-25-17(22)9-4-2/h14H,3-13H2,1-2H3,(H,19,20). The van der Waals surface area contributed by atoms with E-state index in [4.69, 9.17) is 19.3 Å². The first-order chi connectivity index (χ1) is 12.4. The molecule has 0 aromatic carbocycles. The zero-order valence-electron chi connectivity index (χ0n) is 15.7. The quantitative estimate of drug-likeness (QED) is 0.264. The number of ether oxygens (including phenoxy) is 3. The van der Waals surface area contributed by atoms with Gasteiger partial charge in [-0.3, -0.25) is 19.2 Å². The van der Waals surface area contributed by atoms with Crippen LogP contribution >= 0.6 is 0 Å². The summed E-state index contributed by atoms with van der Waals surface area (Å²) < 4.78 is 14.8. The molecule has 0 saturated carbocycles. The van der Waals surface area contributed by atoms with Crippen LogP contribution in [-0.4, -0.2) is 42.4 Å². The van der Waals surface area contributed by atoms with Crippen LogP contribution in [0.1, 0.15) is 71.6 Å². The van der Waals surface area contributed by atoms with E-state index in [0.717, 1.165) is 0 Å². The molecule has 1 atom stereocenters. The van der Waals surface area contributed by atoms with E-state index < -0.39 is 30.6 Å². The molecule has 8 nitrogen and oxygen atoms in total. The predicted octanol–water partition coefficient (Wildman–Crippen LogP) is 2.83. The number of carbonyl (C=O) groups excluding carboxylic acids is 3. The van der Waals surface area contributed by atoms with Crippen LogP contribution in [-0.2, 0) is 33.4 Å². The Morgan fingerprint density at radius 1 is 0.808 bits per heavy atom. The zero-order chi connectivity index (χ0) is 19.8. The molecule has 0 heterocycles. The van der Waals surface area contributed by atoms with Crippen LogP contribution in [0, 0.1) is 5.92 Å². The Labute approximate surface area is 154 Å². The van der Waals surface area contributed by atoms with Gasteiger partial charge in [-0.25, -0.2) is 0 Å². The minimum atomic E-state index is -0.858. The van der Waals surface area contributed by atoms with Crippen LogP contribution < -0.4 is 0 Å². The molecule has 1 unspecified atom stereocenters. The van der Waals surface area contributed by atoms with Crippen molar-refractivity contribution in [3.63, 3.8) is 0 Å². The number of hydrogen-bond donors (Lipinski definition) is 1. The number of carboxylic acid groups (broad SMARTS) is 1. The molecule has 0 aliphatic heterocycles. The van der Waals surface area contributed by atoms with Gasteiger partial charge in [-0.2, -0.15) is 0 Å². The fraction of sp³-hybridized carbons (Fsp3) is 0.778. The summed E-state index contributed by atoms with van der Waals surface area (Å²) in [6.07, 6.45) is 4.05. The number of carboxylic acids is 1. The van der Waals surface area contributed by atoms with Crippen molar-refractivity contribution in [2.45, 2.75) is 71.6 Å². The van der Waals surface area contributed by atoms with Gasteiger partial charge in [-0.05, 0) is 25.7 Å². The second-order valence-electron chi connectivity index (χ2n) is 5.97. The lowest BCUT2D eigenvalue weighted by atomic mass is 10.0. The Morgan fingerprint density at radius 2 is 1.42 bits per heavy atom. The highest BCUT2D eigenvalue weighted by molar-refractivity contribution is 5.74. The average molecular weight is 374 g/mol. The third kappa shape index (κ3) is 13.2. The topological polar surface area (TPSA) is 116 Å². The van der Waals surface area contributed by atoms with E-state index in [9.17, 15) is 19.2 Å². The third-order valence-corrected chi connectivity index (χ3v) is 3.55. The van der Waals surface area contributed by atoms with Gasteiger partial charge in [0.2, 0.25) is 6.79 Å². The minimum absolute atomic E-state index is 0.0774. The number of aliphatic carboxylic acids is 1. The highest BCUT2D eigenvalue weighted by Crippen LogP contribution is 2.14. The smallest absolute Gasteiger partial charge is 0.315 e. The van der Waals surface area contributed by atoms with Crippen LogP contribution in [0.4, 0.5) is 0 Å². The molecular formula is C18H30O8. The second kappa shape index (κ2) is 15.2. The normalized spacial score (nSPS) is 11.5. The number of unbranched alkanes of at least 4 members (excludes halogenated alkanes) is 2. The Kier molecular flexibility index (Phi) is 13.9. The van der Waals surface area contributed by atoms with Crippen LogP contribution in [0.5, 0.6) is 0 Å². The average Bonchev–Trinajstić information content (AvgIpc) is 2.57. The van der Waals surface area contributed by atoms with Crippen molar-refractivity contribution < 1.29 is 38.5 Å². The zero-order valence-corrected chi connectivity index (χ0v) is 15.7. The second-order valence-corrected chi connectivity index (χ2v) is 5.97. The summed E-state index contributed by atoms with van der Waals surface area (Å²) in [5, 5.41) is 8.61. The molecule has 0 aromatic rings. The number of esters is 3. The van der Waals surface area contributed by atoms with Crippen molar-refractivity contribution >= 4 is 23.9 Å². The molecule has 0 rings (SSSR count). The van der Waals surface area contributed by atoms with Crippen LogP contribution in [0.2, 0.25) is 0 Å². The Bertz CT molecular complexity index is 446. The van der Waals surface area contributed by atoms with Gasteiger partial charge in [0.25, 0.3) is 0 Å². The minimum Gasteiger partial charge on any atom is -0.481 e. The first-order valence-electron chi connectivity index (χ1n) is 9.10. The SMILES string of the molecule is CCCC(=O)OCOC(=O)C(CCCCCC(=O)O)COC(=O)CCC. The molecule has 150 valence electrons. The van der Waals surface area contributed by atoms with Gasteiger partial charge in [-0.1, -0.05) is 26.7 Å². The Balaban J connectivity index is 4.35. The summed E-state index contributed by atoms with van der Waals surface area (Å²) in [5.41, 5.74) is 0. The molecule has 0 aliphatic carbocycles. The predicted molar refractivity (Wildman–Crippen MR) is 92.0 cm³/mol. The lowest BCUT2D eigenvalue weighted by Gasteiger charge is -2.16. The molecule has 0 radical (unpaired) electrons. The molecule has 0 fully saturated rings. The molecule has 26 heavy (non-hydrogen) atoms. The summed E-state index contributed by atoms with van der Waals surface area (Å²) in [6, 6.07) is 0. The first kappa shape index (κ1) is 23.9. The molecular weight excluding hydrogens is 344 g/mol. The highest BCUT2D eigenvalue weighted by atomic mass is 16.7. The Morgan fingerprint density at radius 3 is 2.00 bits per heavy atom. The molecule has 0 amide bonds. The van der Waals surface area contributed by atoms with Crippen molar-refractivity contribution in [2.75, 3.05) is 13.4 Å². The van der Waals surface area contributed by atoms with Crippen molar-refractivity contribution in [3.8, 4) is 0 Å². The molecule has 0 spiro atoms. The van der Waals surface area contributed by atoms with E-state index in [-0.39, 0.29) is 31.8 Å². The largest absolute Gasteiger partial charge is 0.481 e. The monoisotopic (exact) mass is 374 g/mol. The molecule has 0 saturated heterocycles. The van der Waals surface area contributed by atoms with E-state index in [1.165, 1.54) is 0 Å². The van der Waals surface area contributed by atoms with Crippen LogP contribution in [0.15, 0.2) is 0 Å². The summed E-state index contributed by atoms with van der Waals surface area (Å²) in [6.45, 7) is 3.12. The summed E-state index contributed by atoms with van der Waals surface area (Å²) in [5.74, 6) is -2.95. The Hall–Kier alpha value is -2.12. The molecule has 1 N–H and O–H groups in total. The first-order valence-corrected chi connectivity index (χ1v) is 9.10. The summed E-state index contributed by atoms with van der Waals surface area (Å²) in [7, 11) is 0. The molecule has 0 bridgehead atoms. The lowest BCUT2D eigenvalue weighted by molar-refractivity contribution is -0.172. The summed E-state index contributed by atoms with van der Waals surface area (Å²) >= 11 is 0. The van der Waals surface area contributed by atoms with Gasteiger partial charge in [0.15, 0.2) is 0 Å². The van der Waals surface area contributed by atoms with Gasteiger partial charge in [0, 0.05) is 19.3 Å². The third-order valence-electron chi connectivity index (χ3n) is 3.55. The number of carbonyl (C=O) groups is 4. The lowest BCUT2D eigenvalue weighted by Crippen LogP contribution is -2.25. The van der Waals surface area contributed by atoms with Gasteiger partial charge in [0.1, 0.15) is 6.61 Å². The van der Waals surface area contributed by atoms with Crippen LogP contribution in [0.25, 0.3) is 0 Å². The maximum absolute atomic E-state index is 12.1. The maximum atomic E-state index is 12.1. The fourth-order valence-electron chi connectivity index (χ4n) is 2.13. The van der Waals surface area contributed by atoms with E-state index in [1.807, 2.05) is 13.8 Å². The van der Waals surface area contributed by atoms with E-state index in [2.05, 4.69) is 0 Å². The van der Waals surface area contributed by atoms with Crippen molar-refractivity contribution in [3.05, 3.63) is 0 Å². The van der Waals surface area contributed by atoms with Gasteiger partial charge < -0.3 is 19.3 Å². The molecule has 0 aromatic heterocycles. The number of rotatable bonds is 15. The highest BCUT2D eigenvalue weighted by Gasteiger charge is 2.22. The number of hydrogen-bond acceptors (Lipinski definition) is 7. The van der Waals surface area contributed by atoms with E-state index in [0.29, 0.717) is 38.5 Å². The van der Waals surface area contributed by atoms with Crippen LogP contribution in [0.3, 0.4) is 0 Å². The van der Waals surface area contributed by atoms with Gasteiger partial charge >= 0.3 is 23.9 Å². The van der Waals surface area contributed by atoms with Gasteiger partial charge in [-0.15, -0.1) is 0 Å². The van der Waals surface area contributed by atoms with Crippen molar-refractivity contribution in [1.82, 2.24) is 0 Å². The van der Waals surface area contributed by atoms with Gasteiger partial charge in [0.05, 0.1) is 5.92 Å². The van der Waals surface area contributed by atoms with E-state index >= 15 is 0 Å². The summed E-state index contributed by atoms with van der Waals surface area (Å²) in [4.78, 5) is 45.4. The van der Waals surface area contributed by atoms with Crippen molar-refractivity contribution in [2.24, 2.45) is 5.92 Å². The molecule has 8 heteroatoms. The van der Waals surface area contributed by atoms with Crippen molar-refractivity contribution in [1.29, 1.82) is 0 Å². The fourth-order valence-corrected chi connectivity index (χ4v) is 2.13. The molecule has 0 aliphatic rings. The maximum Gasteiger partial charge on any atom is 0.315 e. The van der Waals surface area contributed by atoms with E-state index in [1.54, 1.807) is 0 Å².